The molecule has 0 bridgehead atoms. The van der Waals surface area contributed by atoms with Crippen molar-refractivity contribution >= 4 is 17.1 Å². The van der Waals surface area contributed by atoms with Crippen LogP contribution in [0.4, 0.5) is 5.69 Å². The van der Waals surface area contributed by atoms with Gasteiger partial charge in [0.1, 0.15) is 0 Å². The SMILES string of the molecule is CC/C=C(/N=C(C)c1ccc(C)cc1N)c1ccccc1. The number of hydrogen-bond donors (Lipinski definition) is 1. The summed E-state index contributed by atoms with van der Waals surface area (Å²) in [6, 6.07) is 16.3. The molecule has 0 spiro atoms. The predicted molar refractivity (Wildman–Crippen MR) is 92.5 cm³/mol. The maximum Gasteiger partial charge on any atom is 0.0665 e. The average molecular weight is 278 g/mol. The summed E-state index contributed by atoms with van der Waals surface area (Å²) in [4.78, 5) is 4.79. The minimum Gasteiger partial charge on any atom is -0.398 e. The molecule has 0 atom stereocenters. The number of hydrogen-bond acceptors (Lipinski definition) is 2. The van der Waals surface area contributed by atoms with Crippen molar-refractivity contribution in [1.82, 2.24) is 0 Å². The van der Waals surface area contributed by atoms with Crippen LogP contribution < -0.4 is 5.73 Å². The van der Waals surface area contributed by atoms with E-state index in [0.717, 1.165) is 40.2 Å². The highest BCUT2D eigenvalue weighted by molar-refractivity contribution is 6.05. The van der Waals surface area contributed by atoms with Gasteiger partial charge in [-0.05, 0) is 37.5 Å². The molecule has 2 heteroatoms. The third kappa shape index (κ3) is 3.82. The predicted octanol–water partition coefficient (Wildman–Crippen LogP) is 4.84. The number of nitrogens with two attached hydrogens (primary N) is 1. The van der Waals surface area contributed by atoms with Gasteiger partial charge in [0, 0.05) is 17.0 Å². The fourth-order valence-corrected chi connectivity index (χ4v) is 2.28. The van der Waals surface area contributed by atoms with Crippen LogP contribution in [0.2, 0.25) is 0 Å². The lowest BCUT2D eigenvalue weighted by Gasteiger charge is -2.08. The molecule has 2 rings (SSSR count). The van der Waals surface area contributed by atoms with Crippen LogP contribution in [0.3, 0.4) is 0 Å². The second-order valence-electron chi connectivity index (χ2n) is 5.15. The van der Waals surface area contributed by atoms with Gasteiger partial charge in [0.15, 0.2) is 0 Å². The molecule has 0 aliphatic heterocycles. The van der Waals surface area contributed by atoms with Gasteiger partial charge in [-0.1, -0.05) is 55.5 Å². The van der Waals surface area contributed by atoms with Gasteiger partial charge in [-0.2, -0.15) is 0 Å². The zero-order valence-electron chi connectivity index (χ0n) is 12.9. The second-order valence-corrected chi connectivity index (χ2v) is 5.15. The van der Waals surface area contributed by atoms with E-state index < -0.39 is 0 Å². The fraction of sp³-hybridized carbons (Fsp3) is 0.211. The zero-order chi connectivity index (χ0) is 15.2. The van der Waals surface area contributed by atoms with E-state index in [1.807, 2.05) is 44.2 Å². The average Bonchev–Trinajstić information content (AvgIpc) is 2.47. The summed E-state index contributed by atoms with van der Waals surface area (Å²) in [7, 11) is 0. The summed E-state index contributed by atoms with van der Waals surface area (Å²) in [5.41, 5.74) is 12.1. The standard InChI is InChI=1S/C19H22N2/c1-4-8-19(16-9-6-5-7-10-16)21-15(3)17-12-11-14(2)13-18(17)20/h5-13H,4,20H2,1-3H3/b19-8+,21-15?. The van der Waals surface area contributed by atoms with Crippen LogP contribution in [-0.2, 0) is 0 Å². The molecule has 2 N–H and O–H groups in total. The molecule has 0 aliphatic carbocycles. The van der Waals surface area contributed by atoms with Gasteiger partial charge in [-0.15, -0.1) is 0 Å². The number of aryl methyl sites for hydroxylation is 1. The molecule has 2 aromatic carbocycles. The highest BCUT2D eigenvalue weighted by Gasteiger charge is 2.05. The first-order valence-corrected chi connectivity index (χ1v) is 7.29. The molecule has 21 heavy (non-hydrogen) atoms. The Labute approximate surface area is 127 Å². The summed E-state index contributed by atoms with van der Waals surface area (Å²) in [5, 5.41) is 0. The van der Waals surface area contributed by atoms with E-state index in [-0.39, 0.29) is 0 Å². The number of rotatable bonds is 4. The Morgan fingerprint density at radius 3 is 2.48 bits per heavy atom. The van der Waals surface area contributed by atoms with Gasteiger partial charge in [0.25, 0.3) is 0 Å². The van der Waals surface area contributed by atoms with Crippen molar-refractivity contribution in [3.05, 3.63) is 71.3 Å². The number of allylic oxidation sites excluding steroid dienone is 1. The van der Waals surface area contributed by atoms with Gasteiger partial charge in [0.05, 0.1) is 5.70 Å². The molecule has 2 nitrogen and oxygen atoms in total. The number of aliphatic imine (C=N–C) groups is 1. The van der Waals surface area contributed by atoms with Gasteiger partial charge in [-0.25, -0.2) is 0 Å². The molecule has 0 amide bonds. The van der Waals surface area contributed by atoms with Crippen LogP contribution >= 0.6 is 0 Å². The van der Waals surface area contributed by atoms with Gasteiger partial charge in [-0.3, -0.25) is 4.99 Å². The lowest BCUT2D eigenvalue weighted by atomic mass is 10.1. The molecular formula is C19H22N2. The summed E-state index contributed by atoms with van der Waals surface area (Å²) < 4.78 is 0. The van der Waals surface area contributed by atoms with Crippen molar-refractivity contribution in [3.63, 3.8) is 0 Å². The minimum absolute atomic E-state index is 0.778. The van der Waals surface area contributed by atoms with Gasteiger partial charge < -0.3 is 5.73 Å². The first-order valence-electron chi connectivity index (χ1n) is 7.29. The highest BCUT2D eigenvalue weighted by atomic mass is 14.8. The Balaban J connectivity index is 2.41. The summed E-state index contributed by atoms with van der Waals surface area (Å²) in [6.07, 6.45) is 3.09. The topological polar surface area (TPSA) is 38.4 Å². The van der Waals surface area contributed by atoms with Crippen LogP contribution in [0.1, 0.15) is 37.0 Å². The molecule has 0 aromatic heterocycles. The van der Waals surface area contributed by atoms with Gasteiger partial charge >= 0.3 is 0 Å². The molecule has 0 aliphatic rings. The number of nitrogen functional groups attached to an aromatic ring is 1. The monoisotopic (exact) mass is 278 g/mol. The van der Waals surface area contributed by atoms with Crippen molar-refractivity contribution in [3.8, 4) is 0 Å². The van der Waals surface area contributed by atoms with E-state index in [2.05, 4.69) is 31.2 Å². The Kier molecular flexibility index (Phi) is 4.94. The molecule has 2 aromatic rings. The lowest BCUT2D eigenvalue weighted by molar-refractivity contribution is 1.21. The normalized spacial score (nSPS) is 12.5. The van der Waals surface area contributed by atoms with Crippen LogP contribution in [0.15, 0.2) is 59.6 Å². The van der Waals surface area contributed by atoms with Crippen LogP contribution in [0.25, 0.3) is 5.70 Å². The molecule has 0 radical (unpaired) electrons. The molecule has 0 fully saturated rings. The lowest BCUT2D eigenvalue weighted by Crippen LogP contribution is -2.02. The smallest absolute Gasteiger partial charge is 0.0665 e. The van der Waals surface area contributed by atoms with Crippen molar-refractivity contribution in [2.24, 2.45) is 4.99 Å². The number of benzene rings is 2. The molecule has 0 saturated heterocycles. The van der Waals surface area contributed by atoms with E-state index in [4.69, 9.17) is 10.7 Å². The maximum absolute atomic E-state index is 6.11. The third-order valence-electron chi connectivity index (χ3n) is 3.35. The molecule has 108 valence electrons. The van der Waals surface area contributed by atoms with E-state index in [9.17, 15) is 0 Å². The largest absolute Gasteiger partial charge is 0.398 e. The summed E-state index contributed by atoms with van der Waals surface area (Å²) in [5.74, 6) is 0. The first-order chi connectivity index (χ1) is 10.1. The number of anilines is 1. The van der Waals surface area contributed by atoms with Gasteiger partial charge in [0.2, 0.25) is 0 Å². The van der Waals surface area contributed by atoms with Crippen molar-refractivity contribution in [2.75, 3.05) is 5.73 Å². The molecule has 0 unspecified atom stereocenters. The quantitative estimate of drug-likeness (QED) is 0.631. The second kappa shape index (κ2) is 6.89. The van der Waals surface area contributed by atoms with Crippen molar-refractivity contribution < 1.29 is 0 Å². The summed E-state index contributed by atoms with van der Waals surface area (Å²) in [6.45, 7) is 6.17. The van der Waals surface area contributed by atoms with E-state index in [1.165, 1.54) is 0 Å². The Morgan fingerprint density at radius 2 is 1.86 bits per heavy atom. The van der Waals surface area contributed by atoms with Crippen molar-refractivity contribution in [1.29, 1.82) is 0 Å². The van der Waals surface area contributed by atoms with Crippen LogP contribution in [-0.4, -0.2) is 5.71 Å². The van der Waals surface area contributed by atoms with E-state index in [1.54, 1.807) is 0 Å². The molecular weight excluding hydrogens is 256 g/mol. The van der Waals surface area contributed by atoms with E-state index >= 15 is 0 Å². The molecule has 0 saturated carbocycles. The number of nitrogens with zero attached hydrogens (tertiary/aromatic N) is 1. The molecule has 0 heterocycles. The highest BCUT2D eigenvalue weighted by Crippen LogP contribution is 2.20. The zero-order valence-corrected chi connectivity index (χ0v) is 12.9. The Bertz CT molecular complexity index is 667. The van der Waals surface area contributed by atoms with Crippen molar-refractivity contribution in [2.45, 2.75) is 27.2 Å². The Hall–Kier alpha value is -2.35. The van der Waals surface area contributed by atoms with E-state index in [0.29, 0.717) is 0 Å². The summed E-state index contributed by atoms with van der Waals surface area (Å²) >= 11 is 0. The van der Waals surface area contributed by atoms with Crippen LogP contribution in [0.5, 0.6) is 0 Å². The first kappa shape index (κ1) is 15.0. The minimum atomic E-state index is 0.778. The third-order valence-corrected chi connectivity index (χ3v) is 3.35. The Morgan fingerprint density at radius 1 is 1.14 bits per heavy atom. The fourth-order valence-electron chi connectivity index (χ4n) is 2.28. The van der Waals surface area contributed by atoms with Crippen LogP contribution in [0, 0.1) is 6.92 Å². The maximum atomic E-state index is 6.11.